The fourth-order valence-corrected chi connectivity index (χ4v) is 12.8. The van der Waals surface area contributed by atoms with Gasteiger partial charge in [-0.2, -0.15) is 0 Å². The molecule has 2 saturated heterocycles. The number of nitrogens with zero attached hydrogens (tertiary/aromatic N) is 4. The number of likely N-dealkylation sites (tertiary alicyclic amines) is 2. The van der Waals surface area contributed by atoms with Crippen LogP contribution in [-0.2, 0) is 42.2 Å². The number of hydrogen-bond donors (Lipinski definition) is 2. The van der Waals surface area contributed by atoms with Crippen LogP contribution >= 0.6 is 0 Å². The summed E-state index contributed by atoms with van der Waals surface area (Å²) in [4.78, 5) is 49.2. The van der Waals surface area contributed by atoms with E-state index in [4.69, 9.17) is 22.3 Å². The van der Waals surface area contributed by atoms with Crippen LogP contribution < -0.4 is 10.6 Å². The quantitative estimate of drug-likeness (QED) is 0.0785. The Morgan fingerprint density at radius 1 is 0.583 bits per heavy atom. The summed E-state index contributed by atoms with van der Waals surface area (Å²) < 4.78 is 64.0. The van der Waals surface area contributed by atoms with Crippen LogP contribution in [-0.4, -0.2) is 132 Å². The molecule has 4 aromatic rings. The van der Waals surface area contributed by atoms with Crippen molar-refractivity contribution in [1.29, 1.82) is 0 Å². The zero-order chi connectivity index (χ0) is 50.7. The van der Waals surface area contributed by atoms with E-state index < -0.39 is 25.8 Å². The van der Waals surface area contributed by atoms with Crippen molar-refractivity contribution >= 4 is 50.0 Å². The number of sulfone groups is 2. The van der Waals surface area contributed by atoms with Gasteiger partial charge in [-0.25, -0.2) is 31.2 Å². The zero-order valence-electron chi connectivity index (χ0n) is 40.2. The minimum atomic E-state index is -3.70. The third-order valence-electron chi connectivity index (χ3n) is 13.6. The Kier molecular flexibility index (Phi) is 16.8. The lowest BCUT2D eigenvalue weighted by molar-refractivity contribution is 0.0345. The van der Waals surface area contributed by atoms with E-state index in [0.29, 0.717) is 63.5 Å². The van der Waals surface area contributed by atoms with Crippen molar-refractivity contribution in [3.05, 3.63) is 140 Å². The lowest BCUT2D eigenvalue weighted by Gasteiger charge is -2.39. The number of amides is 4. The molecule has 17 heteroatoms. The van der Waals surface area contributed by atoms with E-state index in [1.54, 1.807) is 70.5 Å². The first-order valence-corrected chi connectivity index (χ1v) is 27.3. The molecule has 4 amide bonds. The second-order valence-electron chi connectivity index (χ2n) is 18.4. The summed E-state index contributed by atoms with van der Waals surface area (Å²) in [6.45, 7) is 3.34. The Bertz CT molecular complexity index is 2800. The second kappa shape index (κ2) is 23.6. The van der Waals surface area contributed by atoms with E-state index in [1.807, 2.05) is 48.5 Å². The van der Waals surface area contributed by atoms with Crippen molar-refractivity contribution in [3.8, 4) is 24.7 Å². The van der Waals surface area contributed by atoms with Gasteiger partial charge >= 0.3 is 18.2 Å². The lowest BCUT2D eigenvalue weighted by atomic mass is 10.0. The number of nitrogens with one attached hydrogen (secondary N) is 2. The molecule has 2 fully saturated rings. The van der Waals surface area contributed by atoms with Gasteiger partial charge in [0.2, 0.25) is 19.7 Å². The van der Waals surface area contributed by atoms with Crippen LogP contribution in [0.25, 0.3) is 12.2 Å². The molecule has 0 spiro atoms. The fraction of sp³-hybridized carbons (Fsp3) is 0.364. The summed E-state index contributed by atoms with van der Waals surface area (Å²) in [6, 6.07) is 27.7. The average Bonchev–Trinajstić information content (AvgIpc) is 3.81. The molecular formula is C55H60N6O9S2. The number of fused-ring (bicyclic) bond motifs is 2. The van der Waals surface area contributed by atoms with Gasteiger partial charge in [-0.05, 0) is 109 Å². The summed E-state index contributed by atoms with van der Waals surface area (Å²) in [5, 5.41) is 5.74. The monoisotopic (exact) mass is 1010 g/mol. The first kappa shape index (κ1) is 51.5. The van der Waals surface area contributed by atoms with Crippen LogP contribution in [0.15, 0.2) is 117 Å². The lowest BCUT2D eigenvalue weighted by Crippen LogP contribution is -2.53. The Morgan fingerprint density at radius 2 is 0.986 bits per heavy atom. The average molecular weight is 1010 g/mol. The summed E-state index contributed by atoms with van der Waals surface area (Å²) in [5.41, 5.74) is 4.66. The topological polar surface area (TPSA) is 175 Å². The van der Waals surface area contributed by atoms with Crippen molar-refractivity contribution < 1.29 is 40.7 Å². The molecule has 0 aliphatic carbocycles. The molecular weight excluding hydrogens is 953 g/mol. The van der Waals surface area contributed by atoms with Gasteiger partial charge in [0.25, 0.3) is 0 Å². The van der Waals surface area contributed by atoms with Crippen LogP contribution in [0, 0.1) is 24.7 Å². The molecule has 72 heavy (non-hydrogen) atoms. The molecule has 2 N–H and O–H groups in total. The number of rotatable bonds is 18. The number of urea groups is 2. The van der Waals surface area contributed by atoms with Crippen LogP contribution in [0.2, 0.25) is 0 Å². The summed E-state index contributed by atoms with van der Waals surface area (Å²) in [7, 11) is -7.39. The summed E-state index contributed by atoms with van der Waals surface area (Å²) in [5.74, 6) is 5.28. The minimum absolute atomic E-state index is 0.00837. The summed E-state index contributed by atoms with van der Waals surface area (Å²) >= 11 is 0. The van der Waals surface area contributed by atoms with E-state index >= 15 is 0 Å². The van der Waals surface area contributed by atoms with Crippen molar-refractivity contribution in [3.63, 3.8) is 0 Å². The number of benzene rings is 4. The molecule has 0 bridgehead atoms. The van der Waals surface area contributed by atoms with E-state index in [0.717, 1.165) is 60.8 Å². The molecule has 0 saturated carbocycles. The summed E-state index contributed by atoms with van der Waals surface area (Å²) in [6.07, 6.45) is 18.5. The molecule has 8 rings (SSSR count). The fourth-order valence-electron chi connectivity index (χ4n) is 9.76. The van der Waals surface area contributed by atoms with Gasteiger partial charge < -0.3 is 29.9 Å². The third kappa shape index (κ3) is 12.6. The van der Waals surface area contributed by atoms with E-state index in [-0.39, 0.29) is 70.1 Å². The smallest absolute Gasteiger partial charge is 0.433 e. The number of carbonyl (C=O) groups is 3. The highest BCUT2D eigenvalue weighted by atomic mass is 32.2. The molecule has 376 valence electrons. The predicted octanol–water partition coefficient (Wildman–Crippen LogP) is 6.89. The number of carbonyl (C=O) groups excluding carboxylic acids is 3. The van der Waals surface area contributed by atoms with E-state index in [1.165, 1.54) is 0 Å². The highest BCUT2D eigenvalue weighted by Gasteiger charge is 2.34. The van der Waals surface area contributed by atoms with Gasteiger partial charge in [-0.3, -0.25) is 9.80 Å². The molecule has 4 aromatic carbocycles. The predicted molar refractivity (Wildman–Crippen MR) is 275 cm³/mol. The third-order valence-corrected chi connectivity index (χ3v) is 17.4. The van der Waals surface area contributed by atoms with Crippen LogP contribution in [0.5, 0.6) is 0 Å². The Morgan fingerprint density at radius 3 is 1.38 bits per heavy atom. The normalized spacial score (nSPS) is 18.5. The Balaban J connectivity index is 0.866. The van der Waals surface area contributed by atoms with Gasteiger partial charge in [-0.15, -0.1) is 12.8 Å². The van der Waals surface area contributed by atoms with Gasteiger partial charge in [-0.1, -0.05) is 72.5 Å². The van der Waals surface area contributed by atoms with Crippen LogP contribution in [0.3, 0.4) is 0 Å². The molecule has 0 aromatic heterocycles. The van der Waals surface area contributed by atoms with Gasteiger partial charge in [0.15, 0.2) is 0 Å². The van der Waals surface area contributed by atoms with Crippen molar-refractivity contribution in [2.75, 3.05) is 65.6 Å². The van der Waals surface area contributed by atoms with Crippen molar-refractivity contribution in [1.82, 2.24) is 30.2 Å². The highest BCUT2D eigenvalue weighted by molar-refractivity contribution is 7.96. The van der Waals surface area contributed by atoms with Gasteiger partial charge in [0.05, 0.1) is 32.7 Å². The molecule has 4 aliphatic rings. The number of hydrogen-bond acceptors (Lipinski definition) is 11. The maximum absolute atomic E-state index is 13.7. The van der Waals surface area contributed by atoms with Gasteiger partial charge in [0, 0.05) is 75.6 Å². The number of piperidine rings is 2. The zero-order valence-corrected chi connectivity index (χ0v) is 41.8. The molecule has 2 unspecified atom stereocenters. The van der Waals surface area contributed by atoms with E-state index in [2.05, 4.69) is 32.3 Å². The molecule has 4 heterocycles. The van der Waals surface area contributed by atoms with E-state index in [9.17, 15) is 31.2 Å². The Hall–Kier alpha value is -6.89. The standard InChI is InChI=1S/C55H60N6O9S2/c1-3-41-19-23-43(24-20-41)37-58(39-47-15-9-11-27-60(47)53(62)56-35-49-33-45-13-5-7-17-51(45)71(49,65)66)29-31-69-55(64)70-32-30-59(38-44-25-21-42(4-2)22-26-44)40-48-16-10-12-28-61(48)54(63)57-36-50-34-46-14-6-8-18-52(46)72(50,67)68/h1-2,5-8,13-14,17-26,33-34,47-48H,9-12,15-16,27-32,35-40H2,(H,56,62)(H,57,63). The first-order valence-electron chi connectivity index (χ1n) is 24.4. The number of terminal acetylenes is 2. The molecule has 15 nitrogen and oxygen atoms in total. The highest BCUT2D eigenvalue weighted by Crippen LogP contribution is 2.33. The van der Waals surface area contributed by atoms with Crippen LogP contribution in [0.1, 0.15) is 71.9 Å². The SMILES string of the molecule is C#Cc1ccc(CN(CCOC(=O)OCCN(Cc2ccc(C#C)cc2)CC2CCCCN2C(=O)NCC2=Cc3ccccc3S2(=O)=O)CC2CCCCN2C(=O)NCC2=Cc3ccccc3S2(=O)=O)cc1. The molecule has 4 aliphatic heterocycles. The maximum atomic E-state index is 13.7. The Labute approximate surface area is 423 Å². The second-order valence-corrected chi connectivity index (χ2v) is 22.3. The largest absolute Gasteiger partial charge is 0.508 e. The van der Waals surface area contributed by atoms with Crippen molar-refractivity contribution in [2.45, 2.75) is 73.5 Å². The van der Waals surface area contributed by atoms with Gasteiger partial charge in [0.1, 0.15) is 13.2 Å². The minimum Gasteiger partial charge on any atom is -0.433 e. The molecule has 2 atom stereocenters. The molecule has 0 radical (unpaired) electrons. The van der Waals surface area contributed by atoms with Crippen LogP contribution in [0.4, 0.5) is 14.4 Å². The maximum Gasteiger partial charge on any atom is 0.508 e. The number of ether oxygens (including phenoxy) is 2. The first-order chi connectivity index (χ1) is 34.8. The van der Waals surface area contributed by atoms with Crippen molar-refractivity contribution in [2.24, 2.45) is 0 Å².